The van der Waals surface area contributed by atoms with Gasteiger partial charge in [0.05, 0.1) is 23.7 Å². The summed E-state index contributed by atoms with van der Waals surface area (Å²) in [7, 11) is 0. The van der Waals surface area contributed by atoms with Crippen molar-refractivity contribution in [3.05, 3.63) is 27.4 Å². The zero-order valence-corrected chi connectivity index (χ0v) is 11.8. The molecule has 1 aromatic heterocycles. The van der Waals surface area contributed by atoms with E-state index in [9.17, 15) is 10.1 Å². The Balaban J connectivity index is 2.35. The minimum absolute atomic E-state index is 0.0803. The summed E-state index contributed by atoms with van der Waals surface area (Å²) in [6, 6.07) is 2.56. The summed E-state index contributed by atoms with van der Waals surface area (Å²) in [5.41, 5.74) is -0.0803. The first-order valence-electron chi connectivity index (χ1n) is 6.12. The third kappa shape index (κ3) is 6.35. The standard InChI is InChI=1S/C12H18ClN3O3/c1-9(2)3-5-19-6-4-14-12-8-10(16(17)18)7-11(13)15-12/h7-9H,3-6H2,1-2H3,(H,14,15). The number of hydrogen-bond donors (Lipinski definition) is 1. The quantitative estimate of drug-likeness (QED) is 0.344. The molecule has 0 amide bonds. The first-order chi connectivity index (χ1) is 8.99. The smallest absolute Gasteiger partial charge is 0.276 e. The summed E-state index contributed by atoms with van der Waals surface area (Å²) in [4.78, 5) is 14.1. The zero-order chi connectivity index (χ0) is 14.3. The van der Waals surface area contributed by atoms with Crippen LogP contribution >= 0.6 is 11.6 Å². The molecule has 0 spiro atoms. The van der Waals surface area contributed by atoms with E-state index in [1.165, 1.54) is 12.1 Å². The van der Waals surface area contributed by atoms with Crippen molar-refractivity contribution in [2.45, 2.75) is 20.3 Å². The molecule has 0 saturated carbocycles. The average molecular weight is 288 g/mol. The van der Waals surface area contributed by atoms with Crippen LogP contribution in [0.3, 0.4) is 0 Å². The number of nitrogens with zero attached hydrogens (tertiary/aromatic N) is 2. The van der Waals surface area contributed by atoms with E-state index in [0.717, 1.165) is 6.42 Å². The van der Waals surface area contributed by atoms with Crippen molar-refractivity contribution in [3.63, 3.8) is 0 Å². The Labute approximate surface area is 117 Å². The van der Waals surface area contributed by atoms with E-state index in [1.807, 2.05) is 0 Å². The molecule has 0 bridgehead atoms. The predicted octanol–water partition coefficient (Wildman–Crippen LogP) is 3.12. The topological polar surface area (TPSA) is 77.3 Å². The number of nitrogens with one attached hydrogen (secondary N) is 1. The van der Waals surface area contributed by atoms with E-state index in [0.29, 0.717) is 31.5 Å². The third-order valence-corrected chi connectivity index (χ3v) is 2.58. The fraction of sp³-hybridized carbons (Fsp3) is 0.583. The number of aromatic nitrogens is 1. The summed E-state index contributed by atoms with van der Waals surface area (Å²) in [5, 5.41) is 13.7. The second-order valence-corrected chi connectivity index (χ2v) is 4.90. The van der Waals surface area contributed by atoms with Crippen LogP contribution in [-0.2, 0) is 4.74 Å². The minimum atomic E-state index is -0.502. The maximum absolute atomic E-state index is 10.7. The van der Waals surface area contributed by atoms with Gasteiger partial charge in [-0.15, -0.1) is 0 Å². The van der Waals surface area contributed by atoms with Crippen LogP contribution in [-0.4, -0.2) is 29.7 Å². The van der Waals surface area contributed by atoms with Crippen LogP contribution in [0.25, 0.3) is 0 Å². The van der Waals surface area contributed by atoms with Gasteiger partial charge >= 0.3 is 0 Å². The van der Waals surface area contributed by atoms with Gasteiger partial charge in [-0.3, -0.25) is 10.1 Å². The molecule has 1 aromatic rings. The highest BCUT2D eigenvalue weighted by atomic mass is 35.5. The Kier molecular flexibility index (Phi) is 6.52. The largest absolute Gasteiger partial charge is 0.380 e. The molecule has 0 aliphatic rings. The zero-order valence-electron chi connectivity index (χ0n) is 11.1. The molecule has 0 aliphatic heterocycles. The van der Waals surface area contributed by atoms with E-state index in [1.54, 1.807) is 0 Å². The summed E-state index contributed by atoms with van der Waals surface area (Å²) in [6.45, 7) is 6.03. The van der Waals surface area contributed by atoms with Gasteiger partial charge in [-0.1, -0.05) is 25.4 Å². The second kappa shape index (κ2) is 7.91. The lowest BCUT2D eigenvalue weighted by Crippen LogP contribution is -2.11. The van der Waals surface area contributed by atoms with Gasteiger partial charge in [0, 0.05) is 13.2 Å². The van der Waals surface area contributed by atoms with Gasteiger partial charge in [0.2, 0.25) is 0 Å². The van der Waals surface area contributed by atoms with Crippen LogP contribution in [0.15, 0.2) is 12.1 Å². The van der Waals surface area contributed by atoms with Crippen molar-refractivity contribution < 1.29 is 9.66 Å². The molecule has 0 unspecified atom stereocenters. The summed E-state index contributed by atoms with van der Waals surface area (Å²) in [5.74, 6) is 0.997. The molecule has 0 aromatic carbocycles. The van der Waals surface area contributed by atoms with Crippen LogP contribution in [0.4, 0.5) is 11.5 Å². The molecule has 1 rings (SSSR count). The maximum Gasteiger partial charge on any atom is 0.276 e. The number of hydrogen-bond acceptors (Lipinski definition) is 5. The fourth-order valence-electron chi connectivity index (χ4n) is 1.35. The molecule has 7 heteroatoms. The minimum Gasteiger partial charge on any atom is -0.380 e. The van der Waals surface area contributed by atoms with Crippen molar-refractivity contribution in [3.8, 4) is 0 Å². The first-order valence-corrected chi connectivity index (χ1v) is 6.50. The molecule has 0 atom stereocenters. The highest BCUT2D eigenvalue weighted by molar-refractivity contribution is 6.29. The van der Waals surface area contributed by atoms with Crippen molar-refractivity contribution >= 4 is 23.1 Å². The fourth-order valence-corrected chi connectivity index (χ4v) is 1.55. The lowest BCUT2D eigenvalue weighted by Gasteiger charge is -2.08. The van der Waals surface area contributed by atoms with E-state index in [-0.39, 0.29) is 10.8 Å². The van der Waals surface area contributed by atoms with Crippen molar-refractivity contribution in [2.24, 2.45) is 5.92 Å². The van der Waals surface area contributed by atoms with E-state index < -0.39 is 4.92 Å². The van der Waals surface area contributed by atoms with Crippen LogP contribution in [0.5, 0.6) is 0 Å². The summed E-state index contributed by atoms with van der Waals surface area (Å²) in [6.07, 6.45) is 1.01. The monoisotopic (exact) mass is 287 g/mol. The number of pyridine rings is 1. The Morgan fingerprint density at radius 2 is 2.21 bits per heavy atom. The Morgan fingerprint density at radius 3 is 2.84 bits per heavy atom. The van der Waals surface area contributed by atoms with Gasteiger partial charge in [0.1, 0.15) is 11.0 Å². The molecule has 0 radical (unpaired) electrons. The van der Waals surface area contributed by atoms with Crippen LogP contribution < -0.4 is 5.32 Å². The van der Waals surface area contributed by atoms with Gasteiger partial charge in [0.15, 0.2) is 0 Å². The molecular weight excluding hydrogens is 270 g/mol. The van der Waals surface area contributed by atoms with Gasteiger partial charge in [-0.25, -0.2) is 4.98 Å². The van der Waals surface area contributed by atoms with E-state index in [2.05, 4.69) is 24.1 Å². The Morgan fingerprint density at radius 1 is 1.47 bits per heavy atom. The number of rotatable bonds is 8. The van der Waals surface area contributed by atoms with Crippen LogP contribution in [0.1, 0.15) is 20.3 Å². The van der Waals surface area contributed by atoms with Gasteiger partial charge < -0.3 is 10.1 Å². The molecule has 106 valence electrons. The molecule has 0 aliphatic carbocycles. The highest BCUT2D eigenvalue weighted by Crippen LogP contribution is 2.20. The molecule has 19 heavy (non-hydrogen) atoms. The molecule has 0 fully saturated rings. The van der Waals surface area contributed by atoms with Crippen molar-refractivity contribution in [2.75, 3.05) is 25.1 Å². The van der Waals surface area contributed by atoms with Crippen molar-refractivity contribution in [1.29, 1.82) is 0 Å². The summed E-state index contributed by atoms with van der Waals surface area (Å²) < 4.78 is 5.42. The summed E-state index contributed by atoms with van der Waals surface area (Å²) >= 11 is 5.70. The van der Waals surface area contributed by atoms with Crippen molar-refractivity contribution in [1.82, 2.24) is 4.98 Å². The average Bonchev–Trinajstić information content (AvgIpc) is 2.32. The second-order valence-electron chi connectivity index (χ2n) is 4.51. The van der Waals surface area contributed by atoms with Gasteiger partial charge in [-0.05, 0) is 12.3 Å². The first kappa shape index (κ1) is 15.7. The van der Waals surface area contributed by atoms with E-state index >= 15 is 0 Å². The van der Waals surface area contributed by atoms with Gasteiger partial charge in [0.25, 0.3) is 5.69 Å². The lowest BCUT2D eigenvalue weighted by atomic mass is 10.1. The van der Waals surface area contributed by atoms with Crippen LogP contribution in [0.2, 0.25) is 5.15 Å². The molecule has 0 saturated heterocycles. The van der Waals surface area contributed by atoms with Gasteiger partial charge in [-0.2, -0.15) is 0 Å². The molecule has 1 heterocycles. The Hall–Kier alpha value is -1.40. The maximum atomic E-state index is 10.7. The SMILES string of the molecule is CC(C)CCOCCNc1cc([N+](=O)[O-])cc(Cl)n1. The molecule has 1 N–H and O–H groups in total. The normalized spacial score (nSPS) is 10.7. The number of halogens is 1. The van der Waals surface area contributed by atoms with Crippen LogP contribution in [0, 0.1) is 16.0 Å². The lowest BCUT2D eigenvalue weighted by molar-refractivity contribution is -0.384. The molecule has 6 nitrogen and oxygen atoms in total. The highest BCUT2D eigenvalue weighted by Gasteiger charge is 2.09. The number of anilines is 1. The predicted molar refractivity (Wildman–Crippen MR) is 74.7 cm³/mol. The number of ether oxygens (including phenoxy) is 1. The Bertz CT molecular complexity index is 427. The van der Waals surface area contributed by atoms with E-state index in [4.69, 9.17) is 16.3 Å². The third-order valence-electron chi connectivity index (χ3n) is 2.38. The number of nitro groups is 1. The molecular formula is C12H18ClN3O3.